The Balaban J connectivity index is 2.00. The third kappa shape index (κ3) is 1.71. The highest BCUT2D eigenvalue weighted by atomic mass is 15.2. The number of nitrogens with zero attached hydrogens (tertiary/aromatic N) is 1. The molecule has 1 aliphatic heterocycles. The van der Waals surface area contributed by atoms with Crippen molar-refractivity contribution in [2.45, 2.75) is 12.6 Å². The van der Waals surface area contributed by atoms with Crippen molar-refractivity contribution in [1.82, 2.24) is 0 Å². The summed E-state index contributed by atoms with van der Waals surface area (Å²) in [6.07, 6.45) is 0. The molecule has 0 saturated heterocycles. The van der Waals surface area contributed by atoms with Crippen LogP contribution >= 0.6 is 0 Å². The van der Waals surface area contributed by atoms with Crippen molar-refractivity contribution in [3.8, 4) is 0 Å². The van der Waals surface area contributed by atoms with Crippen molar-refractivity contribution >= 4 is 5.69 Å². The van der Waals surface area contributed by atoms with Crippen LogP contribution in [-0.4, -0.2) is 6.54 Å². The summed E-state index contributed by atoms with van der Waals surface area (Å²) in [6.45, 7) is 1.62. The van der Waals surface area contributed by atoms with E-state index in [-0.39, 0.29) is 0 Å². The van der Waals surface area contributed by atoms with Crippen LogP contribution in [0.3, 0.4) is 0 Å². The first kappa shape index (κ1) is 10.4. The average molecular weight is 224 g/mol. The molecule has 2 nitrogen and oxygen atoms in total. The normalized spacial score (nSPS) is 18.2. The fraction of sp³-hybridized carbons (Fsp3) is 0.200. The Bertz CT molecular complexity index is 507. The Hall–Kier alpha value is -1.80. The molecular weight excluding hydrogens is 208 g/mol. The highest BCUT2D eigenvalue weighted by Gasteiger charge is 2.28. The van der Waals surface area contributed by atoms with Gasteiger partial charge in [-0.25, -0.2) is 0 Å². The first-order valence-electron chi connectivity index (χ1n) is 5.99. The summed E-state index contributed by atoms with van der Waals surface area (Å²) >= 11 is 0. The smallest absolute Gasteiger partial charge is 0.0671 e. The highest BCUT2D eigenvalue weighted by molar-refractivity contribution is 5.54. The Labute approximate surface area is 102 Å². The van der Waals surface area contributed by atoms with Crippen LogP contribution in [-0.2, 0) is 6.54 Å². The molecule has 1 unspecified atom stereocenters. The minimum Gasteiger partial charge on any atom is -0.359 e. The van der Waals surface area contributed by atoms with Gasteiger partial charge >= 0.3 is 0 Å². The van der Waals surface area contributed by atoms with Crippen LogP contribution in [0.5, 0.6) is 0 Å². The molecule has 2 aromatic rings. The number of nitrogens with two attached hydrogens (primary N) is 1. The molecule has 0 fully saturated rings. The number of anilines is 1. The van der Waals surface area contributed by atoms with E-state index in [4.69, 9.17) is 5.73 Å². The van der Waals surface area contributed by atoms with E-state index in [0.717, 1.165) is 6.54 Å². The van der Waals surface area contributed by atoms with E-state index in [1.54, 1.807) is 0 Å². The number of benzene rings is 2. The van der Waals surface area contributed by atoms with E-state index in [0.29, 0.717) is 12.6 Å². The molecule has 2 heteroatoms. The molecule has 1 aliphatic rings. The highest BCUT2D eigenvalue weighted by Crippen LogP contribution is 2.36. The fourth-order valence-corrected chi connectivity index (χ4v) is 2.61. The van der Waals surface area contributed by atoms with Crippen LogP contribution in [0.1, 0.15) is 17.2 Å². The summed E-state index contributed by atoms with van der Waals surface area (Å²) < 4.78 is 0. The third-order valence-corrected chi connectivity index (χ3v) is 3.44. The van der Waals surface area contributed by atoms with Gasteiger partial charge in [0.15, 0.2) is 0 Å². The van der Waals surface area contributed by atoms with E-state index in [9.17, 15) is 0 Å². The van der Waals surface area contributed by atoms with Crippen LogP contribution in [0.25, 0.3) is 0 Å². The first-order chi connectivity index (χ1) is 8.40. The van der Waals surface area contributed by atoms with Gasteiger partial charge in [0.1, 0.15) is 0 Å². The molecule has 0 saturated carbocycles. The van der Waals surface area contributed by atoms with Crippen molar-refractivity contribution < 1.29 is 0 Å². The zero-order chi connectivity index (χ0) is 11.7. The molecule has 1 heterocycles. The SMILES string of the molecule is NCC1c2ccccc2CN1c1ccccc1. The van der Waals surface area contributed by atoms with Gasteiger partial charge in [-0.3, -0.25) is 0 Å². The van der Waals surface area contributed by atoms with E-state index in [1.807, 2.05) is 6.07 Å². The number of hydrogen-bond donors (Lipinski definition) is 1. The minimum atomic E-state index is 0.314. The zero-order valence-electron chi connectivity index (χ0n) is 9.71. The minimum absolute atomic E-state index is 0.314. The Kier molecular flexibility index (Phi) is 2.57. The molecular formula is C15H16N2. The second-order valence-corrected chi connectivity index (χ2v) is 4.41. The molecule has 0 amide bonds. The number of para-hydroxylation sites is 1. The van der Waals surface area contributed by atoms with Crippen molar-refractivity contribution in [3.63, 3.8) is 0 Å². The second-order valence-electron chi connectivity index (χ2n) is 4.41. The molecule has 17 heavy (non-hydrogen) atoms. The number of rotatable bonds is 2. The third-order valence-electron chi connectivity index (χ3n) is 3.44. The zero-order valence-corrected chi connectivity index (χ0v) is 9.71. The molecule has 0 spiro atoms. The largest absolute Gasteiger partial charge is 0.359 e. The van der Waals surface area contributed by atoms with Gasteiger partial charge in [0, 0.05) is 18.8 Å². The van der Waals surface area contributed by atoms with E-state index >= 15 is 0 Å². The van der Waals surface area contributed by atoms with Crippen molar-refractivity contribution in [3.05, 3.63) is 65.7 Å². The maximum Gasteiger partial charge on any atom is 0.0671 e. The topological polar surface area (TPSA) is 29.3 Å². The van der Waals surface area contributed by atoms with Crippen LogP contribution < -0.4 is 10.6 Å². The lowest BCUT2D eigenvalue weighted by Crippen LogP contribution is -2.27. The van der Waals surface area contributed by atoms with E-state index in [2.05, 4.69) is 53.4 Å². The van der Waals surface area contributed by atoms with Crippen LogP contribution in [0.4, 0.5) is 5.69 Å². The molecule has 0 aliphatic carbocycles. The van der Waals surface area contributed by atoms with Gasteiger partial charge in [0.25, 0.3) is 0 Å². The summed E-state index contributed by atoms with van der Waals surface area (Å²) in [5, 5.41) is 0. The molecule has 2 N–H and O–H groups in total. The monoisotopic (exact) mass is 224 g/mol. The van der Waals surface area contributed by atoms with Crippen LogP contribution in [0.2, 0.25) is 0 Å². The Morgan fingerprint density at radius 3 is 2.47 bits per heavy atom. The van der Waals surface area contributed by atoms with Gasteiger partial charge in [-0.1, -0.05) is 42.5 Å². The van der Waals surface area contributed by atoms with Gasteiger partial charge in [-0.2, -0.15) is 0 Å². The lowest BCUT2D eigenvalue weighted by molar-refractivity contribution is 0.679. The summed E-state index contributed by atoms with van der Waals surface area (Å²) in [6, 6.07) is 19.4. The van der Waals surface area contributed by atoms with Crippen molar-refractivity contribution in [1.29, 1.82) is 0 Å². The van der Waals surface area contributed by atoms with Gasteiger partial charge in [0.2, 0.25) is 0 Å². The maximum absolute atomic E-state index is 5.93. The van der Waals surface area contributed by atoms with Gasteiger partial charge < -0.3 is 10.6 Å². The van der Waals surface area contributed by atoms with E-state index < -0.39 is 0 Å². The predicted octanol–water partition coefficient (Wildman–Crippen LogP) is 2.71. The van der Waals surface area contributed by atoms with Gasteiger partial charge in [-0.05, 0) is 23.3 Å². The molecule has 2 aromatic carbocycles. The average Bonchev–Trinajstić information content (AvgIpc) is 2.78. The molecule has 0 radical (unpaired) electrons. The summed E-state index contributed by atoms with van der Waals surface area (Å²) in [5.74, 6) is 0. The van der Waals surface area contributed by atoms with Crippen molar-refractivity contribution in [2.75, 3.05) is 11.4 Å². The Morgan fingerprint density at radius 1 is 1.00 bits per heavy atom. The summed E-state index contributed by atoms with van der Waals surface area (Å²) in [4.78, 5) is 2.38. The molecule has 3 rings (SSSR count). The predicted molar refractivity (Wildman–Crippen MR) is 70.9 cm³/mol. The first-order valence-corrected chi connectivity index (χ1v) is 5.99. The maximum atomic E-state index is 5.93. The van der Waals surface area contributed by atoms with Crippen LogP contribution in [0, 0.1) is 0 Å². The lowest BCUT2D eigenvalue weighted by Gasteiger charge is -2.26. The number of fused-ring (bicyclic) bond motifs is 1. The Morgan fingerprint density at radius 2 is 1.71 bits per heavy atom. The molecule has 0 aromatic heterocycles. The quantitative estimate of drug-likeness (QED) is 0.849. The standard InChI is InChI=1S/C15H16N2/c16-10-15-14-9-5-4-6-12(14)11-17(15)13-7-2-1-3-8-13/h1-9,15H,10-11,16H2. The van der Waals surface area contributed by atoms with Gasteiger partial charge in [-0.15, -0.1) is 0 Å². The second kappa shape index (κ2) is 4.22. The van der Waals surface area contributed by atoms with Crippen LogP contribution in [0.15, 0.2) is 54.6 Å². The summed E-state index contributed by atoms with van der Waals surface area (Å²) in [5.41, 5.74) is 9.95. The number of hydrogen-bond acceptors (Lipinski definition) is 2. The van der Waals surface area contributed by atoms with Gasteiger partial charge in [0.05, 0.1) is 6.04 Å². The fourth-order valence-electron chi connectivity index (χ4n) is 2.61. The lowest BCUT2D eigenvalue weighted by atomic mass is 10.1. The molecule has 1 atom stereocenters. The van der Waals surface area contributed by atoms with Crippen molar-refractivity contribution in [2.24, 2.45) is 5.73 Å². The molecule has 86 valence electrons. The van der Waals surface area contributed by atoms with E-state index in [1.165, 1.54) is 16.8 Å². The molecule has 0 bridgehead atoms. The summed E-state index contributed by atoms with van der Waals surface area (Å²) in [7, 11) is 0.